The lowest BCUT2D eigenvalue weighted by Crippen LogP contribution is -2.27. The quantitative estimate of drug-likeness (QED) is 0.224. The van der Waals surface area contributed by atoms with Gasteiger partial charge in [0.25, 0.3) is 0 Å². The number of nitrogens with zero attached hydrogens (tertiary/aromatic N) is 3. The average molecular weight is 498 g/mol. The number of rotatable bonds is 11. The van der Waals surface area contributed by atoms with Gasteiger partial charge in [0.2, 0.25) is 6.79 Å². The van der Waals surface area contributed by atoms with E-state index in [4.69, 9.17) is 14.5 Å². The third-order valence-electron chi connectivity index (χ3n) is 6.49. The van der Waals surface area contributed by atoms with Crippen molar-refractivity contribution in [2.45, 2.75) is 39.4 Å². The molecule has 0 bridgehead atoms. The van der Waals surface area contributed by atoms with Crippen molar-refractivity contribution in [3.05, 3.63) is 114 Å². The Morgan fingerprint density at radius 2 is 1.59 bits per heavy atom. The minimum atomic E-state index is -0.255. The zero-order valence-corrected chi connectivity index (χ0v) is 21.1. The van der Waals surface area contributed by atoms with Crippen molar-refractivity contribution in [3.8, 4) is 22.6 Å². The Morgan fingerprint density at radius 3 is 2.27 bits per heavy atom. The number of halogens is 1. The smallest absolute Gasteiger partial charge is 0.229 e. The summed E-state index contributed by atoms with van der Waals surface area (Å²) in [4.78, 5) is 7.51. The van der Waals surface area contributed by atoms with Gasteiger partial charge in [-0.25, -0.2) is 9.37 Å². The summed E-state index contributed by atoms with van der Waals surface area (Å²) in [7, 11) is 0. The Morgan fingerprint density at radius 1 is 0.865 bits per heavy atom. The molecule has 0 N–H and O–H groups in total. The van der Waals surface area contributed by atoms with Gasteiger partial charge < -0.3 is 14.0 Å². The molecule has 1 aromatic heterocycles. The summed E-state index contributed by atoms with van der Waals surface area (Å²) < 4.78 is 27.2. The highest BCUT2D eigenvalue weighted by molar-refractivity contribution is 5.68. The second kappa shape index (κ2) is 11.9. The molecule has 1 aliphatic rings. The second-order valence-corrected chi connectivity index (χ2v) is 9.25. The Labute approximate surface area is 217 Å². The van der Waals surface area contributed by atoms with Crippen molar-refractivity contribution in [3.63, 3.8) is 0 Å². The zero-order chi connectivity index (χ0) is 25.5. The molecule has 0 radical (unpaired) electrons. The highest BCUT2D eigenvalue weighted by Gasteiger charge is 2.23. The predicted molar refractivity (Wildman–Crippen MR) is 144 cm³/mol. The molecule has 0 saturated carbocycles. The van der Waals surface area contributed by atoms with E-state index in [9.17, 15) is 4.39 Å². The number of unbranched alkanes of at least 4 members (excludes halogenated alkanes) is 1. The largest absolute Gasteiger partial charge is 0.462 e. The normalized spacial score (nSPS) is 12.9. The molecule has 1 aliphatic heterocycles. The molecule has 0 saturated heterocycles. The van der Waals surface area contributed by atoms with Gasteiger partial charge in [0.05, 0.1) is 17.9 Å². The first kappa shape index (κ1) is 24.8. The molecule has 0 aliphatic carbocycles. The van der Waals surface area contributed by atoms with Crippen molar-refractivity contribution in [2.24, 2.45) is 0 Å². The van der Waals surface area contributed by atoms with Crippen LogP contribution in [-0.4, -0.2) is 27.8 Å². The van der Waals surface area contributed by atoms with Crippen LogP contribution in [0.25, 0.3) is 22.6 Å². The van der Waals surface area contributed by atoms with Gasteiger partial charge in [-0.3, -0.25) is 4.90 Å². The van der Waals surface area contributed by atoms with Gasteiger partial charge in [0, 0.05) is 30.8 Å². The number of benzene rings is 3. The van der Waals surface area contributed by atoms with Gasteiger partial charge in [0.15, 0.2) is 0 Å². The van der Waals surface area contributed by atoms with Crippen LogP contribution in [0.2, 0.25) is 0 Å². The molecule has 2 heterocycles. The van der Waals surface area contributed by atoms with Crippen LogP contribution in [0.3, 0.4) is 0 Å². The summed E-state index contributed by atoms with van der Waals surface area (Å²) in [6.07, 6.45) is 3.80. The first-order valence-electron chi connectivity index (χ1n) is 12.8. The third kappa shape index (κ3) is 6.09. The fourth-order valence-corrected chi connectivity index (χ4v) is 4.65. The fourth-order valence-electron chi connectivity index (χ4n) is 4.65. The van der Waals surface area contributed by atoms with Gasteiger partial charge in [-0.15, -0.1) is 0 Å². The van der Waals surface area contributed by atoms with Gasteiger partial charge in [-0.1, -0.05) is 74.0 Å². The number of ether oxygens (including phenoxy) is 2. The van der Waals surface area contributed by atoms with Gasteiger partial charge in [-0.05, 0) is 36.2 Å². The van der Waals surface area contributed by atoms with Crippen LogP contribution in [0.5, 0.6) is 0 Å². The standard InChI is InChI=1S/C31H32FN3O2/c1-2-3-18-35-29(21-34(20-28-22-36-23-37-28)19-24-10-6-4-7-11-24)30(25-14-16-27(32)17-15-25)33-31(35)26-12-8-5-9-13-26/h4-17,22H,2-3,18-21,23H2,1H3. The van der Waals surface area contributed by atoms with E-state index >= 15 is 0 Å². The monoisotopic (exact) mass is 497 g/mol. The number of hydrogen-bond donors (Lipinski definition) is 0. The first-order chi connectivity index (χ1) is 18.2. The van der Waals surface area contributed by atoms with Gasteiger partial charge in [-0.2, -0.15) is 0 Å². The molecule has 0 fully saturated rings. The molecule has 6 heteroatoms. The second-order valence-electron chi connectivity index (χ2n) is 9.25. The molecule has 0 atom stereocenters. The Balaban J connectivity index is 1.60. The van der Waals surface area contributed by atoms with Crippen LogP contribution >= 0.6 is 0 Å². The topological polar surface area (TPSA) is 39.5 Å². The Kier molecular flexibility index (Phi) is 7.96. The van der Waals surface area contributed by atoms with Gasteiger partial charge >= 0.3 is 0 Å². The first-order valence-corrected chi connectivity index (χ1v) is 12.8. The summed E-state index contributed by atoms with van der Waals surface area (Å²) in [6.45, 7) is 5.30. The van der Waals surface area contributed by atoms with E-state index in [2.05, 4.69) is 52.8 Å². The van der Waals surface area contributed by atoms with Gasteiger partial charge in [0.1, 0.15) is 23.7 Å². The molecule has 37 heavy (non-hydrogen) atoms. The van der Waals surface area contributed by atoms with Crippen molar-refractivity contribution in [2.75, 3.05) is 13.3 Å². The highest BCUT2D eigenvalue weighted by atomic mass is 19.1. The van der Waals surface area contributed by atoms with E-state index in [1.807, 2.05) is 36.4 Å². The highest BCUT2D eigenvalue weighted by Crippen LogP contribution is 2.32. The Hall–Kier alpha value is -3.90. The molecule has 190 valence electrons. The van der Waals surface area contributed by atoms with E-state index < -0.39 is 0 Å². The van der Waals surface area contributed by atoms with E-state index in [1.165, 1.54) is 17.7 Å². The van der Waals surface area contributed by atoms with Crippen molar-refractivity contribution >= 4 is 0 Å². The third-order valence-corrected chi connectivity index (χ3v) is 6.49. The lowest BCUT2D eigenvalue weighted by molar-refractivity contribution is 0.0711. The van der Waals surface area contributed by atoms with Crippen LogP contribution in [0.15, 0.2) is 97.0 Å². The van der Waals surface area contributed by atoms with Crippen LogP contribution in [0.1, 0.15) is 31.0 Å². The lowest BCUT2D eigenvalue weighted by atomic mass is 10.1. The summed E-state index contributed by atoms with van der Waals surface area (Å²) in [5.41, 5.74) is 5.18. The SMILES string of the molecule is CCCCn1c(-c2ccccc2)nc(-c2ccc(F)cc2)c1CN(CC1=COCO1)Cc1ccccc1. The fraction of sp³-hybridized carbons (Fsp3) is 0.258. The predicted octanol–water partition coefficient (Wildman–Crippen LogP) is 7.00. The minimum Gasteiger partial charge on any atom is -0.462 e. The van der Waals surface area contributed by atoms with E-state index in [-0.39, 0.29) is 12.6 Å². The lowest BCUT2D eigenvalue weighted by Gasteiger charge is -2.24. The number of hydrogen-bond acceptors (Lipinski definition) is 4. The summed E-state index contributed by atoms with van der Waals surface area (Å²) in [5, 5.41) is 0. The molecule has 3 aromatic carbocycles. The average Bonchev–Trinajstić information content (AvgIpc) is 3.57. The molecule has 5 rings (SSSR count). The molecule has 5 nitrogen and oxygen atoms in total. The zero-order valence-electron chi connectivity index (χ0n) is 21.1. The molecule has 0 amide bonds. The summed E-state index contributed by atoms with van der Waals surface area (Å²) >= 11 is 0. The summed E-state index contributed by atoms with van der Waals surface area (Å²) in [5.74, 6) is 1.49. The van der Waals surface area contributed by atoms with E-state index in [1.54, 1.807) is 6.26 Å². The Bertz CT molecular complexity index is 1320. The maximum absolute atomic E-state index is 13.8. The minimum absolute atomic E-state index is 0.252. The van der Waals surface area contributed by atoms with Crippen LogP contribution < -0.4 is 0 Å². The molecule has 4 aromatic rings. The van der Waals surface area contributed by atoms with E-state index in [0.717, 1.165) is 60.0 Å². The molecular weight excluding hydrogens is 465 g/mol. The van der Waals surface area contributed by atoms with Crippen LogP contribution in [0.4, 0.5) is 4.39 Å². The van der Waals surface area contributed by atoms with Crippen molar-refractivity contribution in [1.82, 2.24) is 14.5 Å². The van der Waals surface area contributed by atoms with Crippen LogP contribution in [-0.2, 0) is 29.1 Å². The molecular formula is C31H32FN3O2. The van der Waals surface area contributed by atoms with Crippen LogP contribution in [0, 0.1) is 5.82 Å². The number of aromatic nitrogens is 2. The maximum Gasteiger partial charge on any atom is 0.229 e. The van der Waals surface area contributed by atoms with Crippen molar-refractivity contribution in [1.29, 1.82) is 0 Å². The maximum atomic E-state index is 13.8. The number of imidazole rings is 1. The van der Waals surface area contributed by atoms with Crippen molar-refractivity contribution < 1.29 is 13.9 Å². The summed E-state index contributed by atoms with van der Waals surface area (Å²) in [6, 6.07) is 27.4. The molecule has 0 unspecified atom stereocenters. The van der Waals surface area contributed by atoms with E-state index in [0.29, 0.717) is 13.1 Å². The molecule has 0 spiro atoms.